The predicted molar refractivity (Wildman–Crippen MR) is 70.8 cm³/mol. The van der Waals surface area contributed by atoms with Gasteiger partial charge >= 0.3 is 0 Å². The van der Waals surface area contributed by atoms with Crippen LogP contribution in [0.25, 0.3) is 0 Å². The Morgan fingerprint density at radius 2 is 1.94 bits per heavy atom. The molecule has 1 amide bonds. The van der Waals surface area contributed by atoms with Gasteiger partial charge < -0.3 is 0 Å². The summed E-state index contributed by atoms with van der Waals surface area (Å²) in [7, 11) is 0. The maximum absolute atomic E-state index is 11.4. The van der Waals surface area contributed by atoms with Gasteiger partial charge in [-0.05, 0) is 32.9 Å². The van der Waals surface area contributed by atoms with E-state index in [-0.39, 0.29) is 11.5 Å². The molecule has 0 heterocycles. The second-order valence-electron chi connectivity index (χ2n) is 4.65. The van der Waals surface area contributed by atoms with Crippen LogP contribution in [0.3, 0.4) is 0 Å². The van der Waals surface area contributed by atoms with Gasteiger partial charge in [-0.3, -0.25) is 9.63 Å². The number of benzene rings is 1. The molecule has 0 aliphatic carbocycles. The van der Waals surface area contributed by atoms with Crippen LogP contribution in [-0.2, 0) is 9.63 Å². The van der Waals surface area contributed by atoms with Crippen LogP contribution in [0.2, 0.25) is 0 Å². The Morgan fingerprint density at radius 3 is 2.53 bits per heavy atom. The number of carbonyl (C=O) groups is 1. The van der Waals surface area contributed by atoms with Crippen LogP contribution in [0.15, 0.2) is 35.2 Å². The minimum absolute atomic E-state index is 0.0802. The van der Waals surface area contributed by atoms with Gasteiger partial charge in [0.05, 0.1) is 5.60 Å². The first-order chi connectivity index (χ1) is 7.97. The lowest BCUT2D eigenvalue weighted by atomic mass is 10.2. The van der Waals surface area contributed by atoms with E-state index in [0.29, 0.717) is 6.42 Å². The number of thioether (sulfide) groups is 1. The molecular weight excluding hydrogens is 234 g/mol. The fraction of sp³-hybridized carbons (Fsp3) is 0.462. The summed E-state index contributed by atoms with van der Waals surface area (Å²) in [5, 5.41) is 0. The Hall–Kier alpha value is -1.00. The molecule has 1 N–H and O–H groups in total. The van der Waals surface area contributed by atoms with Crippen LogP contribution in [0, 0.1) is 0 Å². The van der Waals surface area contributed by atoms with Gasteiger partial charge in [-0.1, -0.05) is 18.2 Å². The summed E-state index contributed by atoms with van der Waals surface area (Å²) in [6, 6.07) is 10.0. The Balaban J connectivity index is 2.17. The van der Waals surface area contributed by atoms with Crippen LogP contribution in [0.5, 0.6) is 0 Å². The standard InChI is InChI=1S/C13H19NO2S/c1-13(2,3)16-14-12(15)9-10-17-11-7-5-4-6-8-11/h4-8H,9-10H2,1-3H3,(H,14,15). The van der Waals surface area contributed by atoms with Gasteiger partial charge in [0.25, 0.3) is 0 Å². The van der Waals surface area contributed by atoms with Crippen molar-refractivity contribution < 1.29 is 9.63 Å². The van der Waals surface area contributed by atoms with Crippen molar-refractivity contribution in [3.05, 3.63) is 30.3 Å². The van der Waals surface area contributed by atoms with E-state index in [1.807, 2.05) is 51.1 Å². The third-order valence-corrected chi connectivity index (χ3v) is 2.83. The quantitative estimate of drug-likeness (QED) is 0.647. The Kier molecular flexibility index (Phi) is 5.51. The maximum atomic E-state index is 11.4. The van der Waals surface area contributed by atoms with E-state index in [0.717, 1.165) is 5.75 Å². The lowest BCUT2D eigenvalue weighted by Gasteiger charge is -2.18. The van der Waals surface area contributed by atoms with Gasteiger partial charge in [-0.15, -0.1) is 11.8 Å². The number of hydroxylamine groups is 1. The largest absolute Gasteiger partial charge is 0.273 e. The fourth-order valence-electron chi connectivity index (χ4n) is 1.04. The molecule has 0 aliphatic heterocycles. The number of amides is 1. The topological polar surface area (TPSA) is 38.3 Å². The highest BCUT2D eigenvalue weighted by Crippen LogP contribution is 2.17. The van der Waals surface area contributed by atoms with Crippen LogP contribution >= 0.6 is 11.8 Å². The van der Waals surface area contributed by atoms with Crippen molar-refractivity contribution in [2.75, 3.05) is 5.75 Å². The molecule has 1 aromatic rings. The SMILES string of the molecule is CC(C)(C)ONC(=O)CCSc1ccccc1. The number of hydrogen-bond donors (Lipinski definition) is 1. The molecule has 0 atom stereocenters. The minimum Gasteiger partial charge on any atom is -0.273 e. The number of rotatable bonds is 5. The first kappa shape index (κ1) is 14.1. The molecule has 0 fully saturated rings. The van der Waals surface area contributed by atoms with E-state index in [1.54, 1.807) is 11.8 Å². The monoisotopic (exact) mass is 253 g/mol. The molecule has 3 nitrogen and oxygen atoms in total. The smallest absolute Gasteiger partial charge is 0.244 e. The maximum Gasteiger partial charge on any atom is 0.244 e. The third-order valence-electron chi connectivity index (χ3n) is 1.81. The van der Waals surface area contributed by atoms with Gasteiger partial charge in [0.15, 0.2) is 0 Å². The molecule has 0 saturated heterocycles. The number of carbonyl (C=O) groups excluding carboxylic acids is 1. The average Bonchev–Trinajstić information content (AvgIpc) is 2.27. The zero-order chi connectivity index (χ0) is 12.7. The van der Waals surface area contributed by atoms with Crippen molar-refractivity contribution in [3.8, 4) is 0 Å². The van der Waals surface area contributed by atoms with Gasteiger partial charge in [-0.25, -0.2) is 5.48 Å². The summed E-state index contributed by atoms with van der Waals surface area (Å²) < 4.78 is 0. The summed E-state index contributed by atoms with van der Waals surface area (Å²) in [5.41, 5.74) is 2.11. The van der Waals surface area contributed by atoms with E-state index in [2.05, 4.69) is 5.48 Å². The summed E-state index contributed by atoms with van der Waals surface area (Å²) in [6.45, 7) is 5.68. The molecule has 17 heavy (non-hydrogen) atoms. The molecule has 1 rings (SSSR count). The van der Waals surface area contributed by atoms with Crippen molar-refractivity contribution in [1.82, 2.24) is 5.48 Å². The molecule has 0 bridgehead atoms. The molecule has 0 spiro atoms. The molecule has 0 aromatic heterocycles. The lowest BCUT2D eigenvalue weighted by molar-refractivity contribution is -0.145. The summed E-state index contributed by atoms with van der Waals surface area (Å²) in [6.07, 6.45) is 0.454. The van der Waals surface area contributed by atoms with Crippen LogP contribution in [0.4, 0.5) is 0 Å². The van der Waals surface area contributed by atoms with Crippen LogP contribution in [-0.4, -0.2) is 17.3 Å². The Labute approximate surface area is 107 Å². The highest BCUT2D eigenvalue weighted by molar-refractivity contribution is 7.99. The Bertz CT molecular complexity index is 346. The van der Waals surface area contributed by atoms with Crippen molar-refractivity contribution in [2.24, 2.45) is 0 Å². The van der Waals surface area contributed by atoms with Crippen molar-refractivity contribution in [2.45, 2.75) is 37.7 Å². The van der Waals surface area contributed by atoms with E-state index in [9.17, 15) is 4.79 Å². The predicted octanol–water partition coefficient (Wildman–Crippen LogP) is 3.02. The van der Waals surface area contributed by atoms with Crippen molar-refractivity contribution in [1.29, 1.82) is 0 Å². The van der Waals surface area contributed by atoms with Gasteiger partial charge in [0.2, 0.25) is 5.91 Å². The average molecular weight is 253 g/mol. The first-order valence-electron chi connectivity index (χ1n) is 5.62. The van der Waals surface area contributed by atoms with Crippen molar-refractivity contribution in [3.63, 3.8) is 0 Å². The second kappa shape index (κ2) is 6.67. The minimum atomic E-state index is -0.345. The Morgan fingerprint density at radius 1 is 1.29 bits per heavy atom. The third kappa shape index (κ3) is 7.02. The van der Waals surface area contributed by atoms with Crippen molar-refractivity contribution >= 4 is 17.7 Å². The van der Waals surface area contributed by atoms with Crippen LogP contribution in [0.1, 0.15) is 27.2 Å². The molecule has 1 aromatic carbocycles. The number of nitrogens with one attached hydrogen (secondary N) is 1. The summed E-state index contributed by atoms with van der Waals surface area (Å²) in [5.74, 6) is 0.673. The first-order valence-corrected chi connectivity index (χ1v) is 6.61. The normalized spacial score (nSPS) is 11.2. The van der Waals surface area contributed by atoms with Gasteiger partial charge in [0.1, 0.15) is 0 Å². The number of hydrogen-bond acceptors (Lipinski definition) is 3. The molecule has 0 unspecified atom stereocenters. The molecule has 0 saturated carbocycles. The lowest BCUT2D eigenvalue weighted by Crippen LogP contribution is -2.33. The summed E-state index contributed by atoms with van der Waals surface area (Å²) in [4.78, 5) is 17.8. The molecule has 0 aliphatic rings. The second-order valence-corrected chi connectivity index (χ2v) is 5.82. The van der Waals surface area contributed by atoms with E-state index in [1.165, 1.54) is 4.90 Å². The van der Waals surface area contributed by atoms with Crippen LogP contribution < -0.4 is 5.48 Å². The van der Waals surface area contributed by atoms with E-state index in [4.69, 9.17) is 4.84 Å². The zero-order valence-corrected chi connectivity index (χ0v) is 11.3. The highest BCUT2D eigenvalue weighted by atomic mass is 32.2. The zero-order valence-electron chi connectivity index (χ0n) is 10.5. The fourth-order valence-corrected chi connectivity index (χ4v) is 1.91. The molecule has 0 radical (unpaired) electrons. The van der Waals surface area contributed by atoms with Gasteiger partial charge in [-0.2, -0.15) is 0 Å². The van der Waals surface area contributed by atoms with E-state index < -0.39 is 0 Å². The molecular formula is C13H19NO2S. The van der Waals surface area contributed by atoms with Gasteiger partial charge in [0, 0.05) is 17.1 Å². The molecule has 4 heteroatoms. The summed E-state index contributed by atoms with van der Waals surface area (Å²) >= 11 is 1.67. The highest BCUT2D eigenvalue weighted by Gasteiger charge is 2.12. The molecule has 94 valence electrons. The van der Waals surface area contributed by atoms with E-state index >= 15 is 0 Å².